The molecule has 0 bridgehead atoms. The van der Waals surface area contributed by atoms with E-state index in [-0.39, 0.29) is 34.8 Å². The number of esters is 2. The van der Waals surface area contributed by atoms with E-state index in [1.165, 1.54) is 13.2 Å². The predicted octanol–water partition coefficient (Wildman–Crippen LogP) is 6.80. The van der Waals surface area contributed by atoms with E-state index >= 15 is 0 Å². The van der Waals surface area contributed by atoms with Crippen molar-refractivity contribution in [2.24, 2.45) is 0 Å². The molecule has 0 aromatic heterocycles. The summed E-state index contributed by atoms with van der Waals surface area (Å²) in [5, 5.41) is 10.9. The molecule has 0 fully saturated rings. The second-order valence-electron chi connectivity index (χ2n) is 9.85. The number of ether oxygens (including phenoxy) is 5. The van der Waals surface area contributed by atoms with Gasteiger partial charge < -0.3 is 28.8 Å². The summed E-state index contributed by atoms with van der Waals surface area (Å²) in [7, 11) is 3.09. The summed E-state index contributed by atoms with van der Waals surface area (Å²) >= 11 is 0. The highest BCUT2D eigenvalue weighted by molar-refractivity contribution is 5.98. The zero-order valence-corrected chi connectivity index (χ0v) is 24.6. The average molecular weight is 571 g/mol. The van der Waals surface area contributed by atoms with Gasteiger partial charge in [0.25, 0.3) is 0 Å². The predicted molar refractivity (Wildman–Crippen MR) is 158 cm³/mol. The summed E-state index contributed by atoms with van der Waals surface area (Å²) < 4.78 is 28.0. The van der Waals surface area contributed by atoms with Crippen LogP contribution in [0.3, 0.4) is 0 Å². The van der Waals surface area contributed by atoms with Crippen molar-refractivity contribution in [2.45, 2.75) is 40.9 Å². The van der Waals surface area contributed by atoms with E-state index in [1.807, 2.05) is 54.6 Å². The molecule has 8 nitrogen and oxygen atoms in total. The Balaban J connectivity index is 1.54. The van der Waals surface area contributed by atoms with Gasteiger partial charge in [0.15, 0.2) is 0 Å². The molecule has 0 saturated carbocycles. The van der Waals surface area contributed by atoms with E-state index < -0.39 is 11.9 Å². The van der Waals surface area contributed by atoms with Crippen LogP contribution >= 0.6 is 0 Å². The number of phenolic OH excluding ortho intramolecular Hbond substituents is 1. The molecule has 0 spiro atoms. The zero-order valence-electron chi connectivity index (χ0n) is 24.6. The number of benzene rings is 4. The maximum Gasteiger partial charge on any atom is 0.347 e. The standard InChI is InChI=1S/C34H34O8/c1-20-17-28(22(3)31(35)29(20)33(36)41-19-24-10-8-7-9-11-24)42-34(37)30-21(2)16-27(23(4)32(30)39-6)40-18-25-12-14-26(38-5)15-13-25/h7-17,35H,18-19H2,1-6H3. The maximum atomic E-state index is 13.4. The molecule has 8 heteroatoms. The fraction of sp³-hybridized carbons (Fsp3) is 0.235. The molecule has 0 unspecified atom stereocenters. The van der Waals surface area contributed by atoms with E-state index in [0.717, 1.165) is 16.9 Å². The molecule has 218 valence electrons. The smallest absolute Gasteiger partial charge is 0.347 e. The van der Waals surface area contributed by atoms with Gasteiger partial charge in [-0.25, -0.2) is 9.59 Å². The Labute approximate surface area is 245 Å². The first kappa shape index (κ1) is 30.0. The lowest BCUT2D eigenvalue weighted by molar-refractivity contribution is 0.0468. The number of hydrogen-bond donors (Lipinski definition) is 1. The van der Waals surface area contributed by atoms with Gasteiger partial charge in [-0.1, -0.05) is 42.5 Å². The van der Waals surface area contributed by atoms with Crippen LogP contribution in [0.25, 0.3) is 0 Å². The van der Waals surface area contributed by atoms with Crippen LogP contribution in [0.2, 0.25) is 0 Å². The van der Waals surface area contributed by atoms with Crippen molar-refractivity contribution < 1.29 is 38.4 Å². The molecule has 4 aromatic carbocycles. The van der Waals surface area contributed by atoms with Gasteiger partial charge in [0.1, 0.15) is 53.1 Å². The number of carbonyl (C=O) groups excluding carboxylic acids is 2. The third kappa shape index (κ3) is 6.49. The van der Waals surface area contributed by atoms with Crippen molar-refractivity contribution in [3.05, 3.63) is 111 Å². The molecule has 42 heavy (non-hydrogen) atoms. The van der Waals surface area contributed by atoms with Gasteiger partial charge in [-0.3, -0.25) is 0 Å². The van der Waals surface area contributed by atoms with Gasteiger partial charge in [-0.15, -0.1) is 0 Å². The molecule has 0 aliphatic rings. The van der Waals surface area contributed by atoms with Crippen LogP contribution in [0.15, 0.2) is 66.7 Å². The van der Waals surface area contributed by atoms with E-state index in [4.69, 9.17) is 23.7 Å². The number of aromatic hydroxyl groups is 1. The second kappa shape index (κ2) is 13.1. The Kier molecular flexibility index (Phi) is 9.37. The lowest BCUT2D eigenvalue weighted by Crippen LogP contribution is -2.15. The fourth-order valence-corrected chi connectivity index (χ4v) is 4.58. The van der Waals surface area contributed by atoms with Crippen LogP contribution in [-0.4, -0.2) is 31.3 Å². The molecular formula is C34H34O8. The molecule has 0 aliphatic carbocycles. The minimum atomic E-state index is -0.673. The first-order chi connectivity index (χ1) is 20.1. The minimum Gasteiger partial charge on any atom is -0.507 e. The SMILES string of the molecule is COc1ccc(COc2cc(C)c(C(=O)Oc3cc(C)c(C(=O)OCc4ccccc4)c(O)c3C)c(OC)c2C)cc1. The molecule has 0 aliphatic heterocycles. The summed E-state index contributed by atoms with van der Waals surface area (Å²) in [6, 6.07) is 20.1. The van der Waals surface area contributed by atoms with Gasteiger partial charge in [0.05, 0.1) is 14.2 Å². The third-order valence-corrected chi connectivity index (χ3v) is 6.96. The number of hydrogen-bond acceptors (Lipinski definition) is 8. The largest absolute Gasteiger partial charge is 0.507 e. The number of carbonyl (C=O) groups is 2. The van der Waals surface area contributed by atoms with Crippen molar-refractivity contribution in [3.8, 4) is 28.7 Å². The molecule has 0 amide bonds. The monoisotopic (exact) mass is 570 g/mol. The van der Waals surface area contributed by atoms with Crippen molar-refractivity contribution in [3.63, 3.8) is 0 Å². The first-order valence-corrected chi connectivity index (χ1v) is 13.3. The summed E-state index contributed by atoms with van der Waals surface area (Å²) in [4.78, 5) is 26.3. The van der Waals surface area contributed by atoms with Crippen molar-refractivity contribution in [1.29, 1.82) is 0 Å². The van der Waals surface area contributed by atoms with Gasteiger partial charge >= 0.3 is 11.9 Å². The second-order valence-corrected chi connectivity index (χ2v) is 9.85. The molecule has 4 rings (SSSR count). The quantitative estimate of drug-likeness (QED) is 0.164. The number of rotatable bonds is 10. The molecule has 0 heterocycles. The van der Waals surface area contributed by atoms with Crippen molar-refractivity contribution in [2.75, 3.05) is 14.2 Å². The lowest BCUT2D eigenvalue weighted by atomic mass is 10.0. The van der Waals surface area contributed by atoms with Gasteiger partial charge in [0.2, 0.25) is 0 Å². The normalized spacial score (nSPS) is 10.6. The van der Waals surface area contributed by atoms with Crippen LogP contribution in [0.1, 0.15) is 54.1 Å². The van der Waals surface area contributed by atoms with Gasteiger partial charge in [0, 0.05) is 11.1 Å². The molecular weight excluding hydrogens is 536 g/mol. The zero-order chi connectivity index (χ0) is 30.4. The fourth-order valence-electron chi connectivity index (χ4n) is 4.58. The summed E-state index contributed by atoms with van der Waals surface area (Å²) in [6.07, 6.45) is 0. The highest BCUT2D eigenvalue weighted by Crippen LogP contribution is 2.38. The molecule has 0 radical (unpaired) electrons. The Morgan fingerprint density at radius 3 is 1.95 bits per heavy atom. The third-order valence-electron chi connectivity index (χ3n) is 6.96. The summed E-state index contributed by atoms with van der Waals surface area (Å²) in [5.74, 6) is 0.117. The molecule has 0 atom stereocenters. The van der Waals surface area contributed by atoms with E-state index in [1.54, 1.807) is 40.9 Å². The molecule has 1 N–H and O–H groups in total. The summed E-state index contributed by atoms with van der Waals surface area (Å²) in [5.41, 5.74) is 3.88. The average Bonchev–Trinajstić information content (AvgIpc) is 2.99. The van der Waals surface area contributed by atoms with E-state index in [9.17, 15) is 14.7 Å². The Morgan fingerprint density at radius 1 is 0.690 bits per heavy atom. The van der Waals surface area contributed by atoms with Crippen LogP contribution in [-0.2, 0) is 18.0 Å². The van der Waals surface area contributed by atoms with Crippen molar-refractivity contribution >= 4 is 11.9 Å². The number of aryl methyl sites for hydroxylation is 2. The van der Waals surface area contributed by atoms with Crippen LogP contribution in [0.5, 0.6) is 28.7 Å². The maximum absolute atomic E-state index is 13.4. The Bertz CT molecular complexity index is 1590. The van der Waals surface area contributed by atoms with Gasteiger partial charge in [-0.2, -0.15) is 0 Å². The summed E-state index contributed by atoms with van der Waals surface area (Å²) in [6.45, 7) is 7.15. The van der Waals surface area contributed by atoms with Crippen LogP contribution in [0, 0.1) is 27.7 Å². The van der Waals surface area contributed by atoms with E-state index in [2.05, 4.69) is 0 Å². The molecule has 4 aromatic rings. The molecule has 0 saturated heterocycles. The number of phenols is 1. The topological polar surface area (TPSA) is 101 Å². The Morgan fingerprint density at radius 2 is 1.31 bits per heavy atom. The lowest BCUT2D eigenvalue weighted by Gasteiger charge is -2.19. The highest BCUT2D eigenvalue weighted by atomic mass is 16.5. The number of methoxy groups -OCH3 is 2. The minimum absolute atomic E-state index is 0.0196. The Hall–Kier alpha value is -4.98. The van der Waals surface area contributed by atoms with Gasteiger partial charge in [-0.05, 0) is 74.2 Å². The van der Waals surface area contributed by atoms with Crippen LogP contribution in [0.4, 0.5) is 0 Å². The van der Waals surface area contributed by atoms with E-state index in [0.29, 0.717) is 34.8 Å². The highest BCUT2D eigenvalue weighted by Gasteiger charge is 2.26. The van der Waals surface area contributed by atoms with Crippen LogP contribution < -0.4 is 18.9 Å². The first-order valence-electron chi connectivity index (χ1n) is 13.3. The van der Waals surface area contributed by atoms with Crippen molar-refractivity contribution in [1.82, 2.24) is 0 Å².